The molecule has 0 saturated carbocycles. The monoisotopic (exact) mass is 227 g/mol. The average molecular weight is 227 g/mol. The molecule has 2 fully saturated rings. The minimum Gasteiger partial charge on any atom is -0.475 e. The van der Waals surface area contributed by atoms with Gasteiger partial charge in [-0.15, -0.1) is 0 Å². The van der Waals surface area contributed by atoms with Crippen LogP contribution >= 0.6 is 0 Å². The number of hydrogen-bond donors (Lipinski definition) is 2. The predicted octanol–water partition coefficient (Wildman–Crippen LogP) is -0.0930. The summed E-state index contributed by atoms with van der Waals surface area (Å²) in [6, 6.07) is 0.0278. The van der Waals surface area contributed by atoms with Crippen LogP contribution in [0.2, 0.25) is 0 Å². The van der Waals surface area contributed by atoms with Crippen LogP contribution < -0.4 is 5.32 Å². The molecule has 0 amide bonds. The zero-order valence-electron chi connectivity index (χ0n) is 7.37. The number of nitrogens with one attached hydrogen (secondary N) is 1. The van der Waals surface area contributed by atoms with Crippen LogP contribution in [0.15, 0.2) is 0 Å². The fraction of sp³-hybridized carbons (Fsp3) is 0.714. The van der Waals surface area contributed by atoms with E-state index in [0.717, 1.165) is 13.0 Å². The largest absolute Gasteiger partial charge is 0.490 e. The number of carbonyl (C=O) groups excluding carboxylic acids is 1. The van der Waals surface area contributed by atoms with Gasteiger partial charge >= 0.3 is 18.1 Å². The summed E-state index contributed by atoms with van der Waals surface area (Å²) in [6.07, 6.45) is -4.01. The molecular weight excluding hydrogens is 219 g/mol. The van der Waals surface area contributed by atoms with Crippen molar-refractivity contribution >= 4 is 11.9 Å². The Morgan fingerprint density at radius 1 is 1.53 bits per heavy atom. The molecular formula is C7H8F3NO4. The molecule has 2 N–H and O–H groups in total. The van der Waals surface area contributed by atoms with E-state index in [0.29, 0.717) is 0 Å². The van der Waals surface area contributed by atoms with Gasteiger partial charge < -0.3 is 15.2 Å². The molecule has 5 nitrogen and oxygen atoms in total. The molecule has 0 aromatic carbocycles. The summed E-state index contributed by atoms with van der Waals surface area (Å²) >= 11 is 0. The second kappa shape index (κ2) is 4.05. The van der Waals surface area contributed by atoms with Crippen molar-refractivity contribution < 1.29 is 32.6 Å². The molecule has 2 bridgehead atoms. The van der Waals surface area contributed by atoms with Crippen LogP contribution in [0, 0.1) is 0 Å². The van der Waals surface area contributed by atoms with Gasteiger partial charge in [0.15, 0.2) is 0 Å². The van der Waals surface area contributed by atoms with Crippen LogP contribution in [0.3, 0.4) is 0 Å². The standard InChI is InChI=1S/C5H7NO2.C2HF3O2/c7-5-4-1-3(8-5)2-6-4;3-2(4,5)1(6)7/h3-4,6H,1-2H2;(H,6,7)/t3-,4-;/m1./s1. The molecule has 0 aliphatic carbocycles. The molecule has 2 atom stereocenters. The molecule has 15 heavy (non-hydrogen) atoms. The van der Waals surface area contributed by atoms with Crippen LogP contribution in [0.1, 0.15) is 6.42 Å². The zero-order chi connectivity index (χ0) is 11.6. The highest BCUT2D eigenvalue weighted by molar-refractivity contribution is 5.79. The van der Waals surface area contributed by atoms with Crippen LogP contribution in [-0.4, -0.2) is 41.9 Å². The maximum atomic E-state index is 10.6. The van der Waals surface area contributed by atoms with E-state index in [4.69, 9.17) is 14.6 Å². The van der Waals surface area contributed by atoms with Crippen LogP contribution in [0.4, 0.5) is 13.2 Å². The van der Waals surface area contributed by atoms with Gasteiger partial charge in [0.05, 0.1) is 0 Å². The molecule has 0 spiro atoms. The van der Waals surface area contributed by atoms with E-state index >= 15 is 0 Å². The Morgan fingerprint density at radius 2 is 2.07 bits per heavy atom. The van der Waals surface area contributed by atoms with Crippen molar-refractivity contribution in [1.82, 2.24) is 5.32 Å². The summed E-state index contributed by atoms with van der Waals surface area (Å²) in [5, 5.41) is 10.2. The smallest absolute Gasteiger partial charge is 0.475 e. The fourth-order valence-corrected chi connectivity index (χ4v) is 1.22. The Hall–Kier alpha value is -1.31. The van der Waals surface area contributed by atoms with Gasteiger partial charge in [-0.05, 0) is 0 Å². The molecule has 0 unspecified atom stereocenters. The van der Waals surface area contributed by atoms with E-state index < -0.39 is 12.1 Å². The van der Waals surface area contributed by atoms with Crippen molar-refractivity contribution in [3.63, 3.8) is 0 Å². The first-order chi connectivity index (χ1) is 6.80. The van der Waals surface area contributed by atoms with Crippen LogP contribution in [0.5, 0.6) is 0 Å². The summed E-state index contributed by atoms with van der Waals surface area (Å²) in [7, 11) is 0. The molecule has 0 aromatic rings. The van der Waals surface area contributed by atoms with Crippen molar-refractivity contribution in [2.24, 2.45) is 0 Å². The fourth-order valence-electron chi connectivity index (χ4n) is 1.22. The second-order valence-corrected chi connectivity index (χ2v) is 3.06. The first-order valence-electron chi connectivity index (χ1n) is 4.04. The molecule has 0 radical (unpaired) electrons. The van der Waals surface area contributed by atoms with Gasteiger partial charge in [-0.25, -0.2) is 4.79 Å². The average Bonchev–Trinajstić information content (AvgIpc) is 2.63. The highest BCUT2D eigenvalue weighted by atomic mass is 19.4. The Bertz CT molecular complexity index is 278. The number of ether oxygens (including phenoxy) is 1. The van der Waals surface area contributed by atoms with Gasteiger partial charge in [-0.1, -0.05) is 0 Å². The normalized spacial score (nSPS) is 28.1. The topological polar surface area (TPSA) is 75.6 Å². The van der Waals surface area contributed by atoms with Crippen molar-refractivity contribution in [2.75, 3.05) is 6.54 Å². The lowest BCUT2D eigenvalue weighted by Gasteiger charge is -2.09. The second-order valence-electron chi connectivity index (χ2n) is 3.06. The maximum absolute atomic E-state index is 10.6. The molecule has 2 saturated heterocycles. The molecule has 0 aromatic heterocycles. The van der Waals surface area contributed by atoms with Crippen molar-refractivity contribution in [3.05, 3.63) is 0 Å². The lowest BCUT2D eigenvalue weighted by atomic mass is 10.2. The number of fused-ring (bicyclic) bond motifs is 2. The molecule has 2 heterocycles. The molecule has 86 valence electrons. The van der Waals surface area contributed by atoms with E-state index in [9.17, 15) is 18.0 Å². The minimum absolute atomic E-state index is 0.0278. The minimum atomic E-state index is -5.08. The number of aliphatic carboxylic acids is 1. The van der Waals surface area contributed by atoms with E-state index in [1.807, 2.05) is 0 Å². The molecule has 8 heteroatoms. The van der Waals surface area contributed by atoms with Gasteiger partial charge in [0.25, 0.3) is 0 Å². The third kappa shape index (κ3) is 3.08. The van der Waals surface area contributed by atoms with E-state index in [-0.39, 0.29) is 18.1 Å². The van der Waals surface area contributed by atoms with E-state index in [1.54, 1.807) is 0 Å². The predicted molar refractivity (Wildman–Crippen MR) is 40.0 cm³/mol. The first-order valence-corrected chi connectivity index (χ1v) is 4.04. The van der Waals surface area contributed by atoms with E-state index in [1.165, 1.54) is 0 Å². The Morgan fingerprint density at radius 3 is 2.20 bits per heavy atom. The van der Waals surface area contributed by atoms with Crippen molar-refractivity contribution in [3.8, 4) is 0 Å². The number of carboxylic acids is 1. The number of carboxylic acid groups (broad SMARTS) is 1. The van der Waals surface area contributed by atoms with Gasteiger partial charge in [-0.2, -0.15) is 13.2 Å². The number of esters is 1. The number of alkyl halides is 3. The Balaban J connectivity index is 0.000000153. The first kappa shape index (κ1) is 11.8. The Kier molecular flexibility index (Phi) is 3.18. The van der Waals surface area contributed by atoms with E-state index in [2.05, 4.69) is 5.32 Å². The lowest BCUT2D eigenvalue weighted by Crippen LogP contribution is -2.35. The summed E-state index contributed by atoms with van der Waals surface area (Å²) in [5.41, 5.74) is 0. The molecule has 2 rings (SSSR count). The highest BCUT2D eigenvalue weighted by Gasteiger charge is 2.40. The summed E-state index contributed by atoms with van der Waals surface area (Å²) in [5.74, 6) is -2.83. The number of morpholine rings is 1. The molecule has 2 aliphatic heterocycles. The number of carbonyl (C=O) groups is 2. The summed E-state index contributed by atoms with van der Waals surface area (Å²) < 4.78 is 36.6. The number of hydrogen-bond acceptors (Lipinski definition) is 4. The third-order valence-corrected chi connectivity index (χ3v) is 1.90. The zero-order valence-corrected chi connectivity index (χ0v) is 7.37. The molecule has 2 aliphatic rings. The van der Waals surface area contributed by atoms with Gasteiger partial charge in [-0.3, -0.25) is 4.79 Å². The lowest BCUT2D eigenvalue weighted by molar-refractivity contribution is -0.192. The van der Waals surface area contributed by atoms with Crippen LogP contribution in [-0.2, 0) is 14.3 Å². The van der Waals surface area contributed by atoms with Gasteiger partial charge in [0, 0.05) is 13.0 Å². The quantitative estimate of drug-likeness (QED) is 0.565. The van der Waals surface area contributed by atoms with Crippen LogP contribution in [0.25, 0.3) is 0 Å². The van der Waals surface area contributed by atoms with Crippen molar-refractivity contribution in [2.45, 2.75) is 24.7 Å². The van der Waals surface area contributed by atoms with Gasteiger partial charge in [0.2, 0.25) is 0 Å². The maximum Gasteiger partial charge on any atom is 0.490 e. The Labute approximate surface area is 82.2 Å². The number of rotatable bonds is 0. The summed E-state index contributed by atoms with van der Waals surface area (Å²) in [6.45, 7) is 0.858. The van der Waals surface area contributed by atoms with Crippen molar-refractivity contribution in [1.29, 1.82) is 0 Å². The number of halogens is 3. The third-order valence-electron chi connectivity index (χ3n) is 1.90. The summed E-state index contributed by atoms with van der Waals surface area (Å²) in [4.78, 5) is 19.4. The SMILES string of the molecule is O=C(O)C(F)(F)F.O=C1O[C@H]2CN[C@@H]1C2. The highest BCUT2D eigenvalue weighted by Crippen LogP contribution is 2.19. The van der Waals surface area contributed by atoms with Gasteiger partial charge in [0.1, 0.15) is 12.1 Å².